The van der Waals surface area contributed by atoms with E-state index in [0.29, 0.717) is 25.9 Å². The van der Waals surface area contributed by atoms with Crippen LogP contribution in [0.25, 0.3) is 0 Å². The largest absolute Gasteiger partial charge is 0.444 e. The average Bonchev–Trinajstić information content (AvgIpc) is 2.32. The van der Waals surface area contributed by atoms with Crippen molar-refractivity contribution in [3.8, 4) is 0 Å². The van der Waals surface area contributed by atoms with E-state index < -0.39 is 5.60 Å². The Morgan fingerprint density at radius 1 is 1.36 bits per heavy atom. The highest BCUT2D eigenvalue weighted by molar-refractivity contribution is 5.69. The lowest BCUT2D eigenvalue weighted by Crippen LogP contribution is -2.64. The summed E-state index contributed by atoms with van der Waals surface area (Å²) in [4.78, 5) is 14.6. The van der Waals surface area contributed by atoms with Crippen molar-refractivity contribution in [1.29, 1.82) is 0 Å². The van der Waals surface area contributed by atoms with Crippen molar-refractivity contribution in [3.63, 3.8) is 0 Å². The monoisotopic (exact) mass is 312 g/mol. The highest BCUT2D eigenvalue weighted by Gasteiger charge is 2.53. The van der Waals surface area contributed by atoms with E-state index in [0.717, 1.165) is 12.8 Å². The number of nitrogens with two attached hydrogens (primary N) is 1. The molecule has 1 saturated carbocycles. The van der Waals surface area contributed by atoms with Crippen molar-refractivity contribution in [2.75, 3.05) is 13.1 Å². The molecule has 5 nitrogen and oxygen atoms in total. The highest BCUT2D eigenvalue weighted by Crippen LogP contribution is 2.50. The minimum Gasteiger partial charge on any atom is -0.444 e. The Morgan fingerprint density at radius 3 is 2.41 bits per heavy atom. The third-order valence-electron chi connectivity index (χ3n) is 5.09. The number of ether oxygens (including phenoxy) is 1. The van der Waals surface area contributed by atoms with E-state index in [1.807, 2.05) is 25.7 Å². The molecule has 0 aromatic heterocycles. The molecule has 1 aliphatic carbocycles. The number of carbonyl (C=O) groups excluding carboxylic acids is 1. The molecule has 1 saturated heterocycles. The van der Waals surface area contributed by atoms with E-state index in [-0.39, 0.29) is 29.1 Å². The Balaban J connectivity index is 2.21. The van der Waals surface area contributed by atoms with Gasteiger partial charge in [-0.25, -0.2) is 4.79 Å². The van der Waals surface area contributed by atoms with Crippen molar-refractivity contribution in [1.82, 2.24) is 4.90 Å². The second-order valence-corrected chi connectivity index (χ2v) is 8.96. The maximum absolute atomic E-state index is 12.7. The summed E-state index contributed by atoms with van der Waals surface area (Å²) in [5.74, 6) is 0. The maximum Gasteiger partial charge on any atom is 0.410 e. The van der Waals surface area contributed by atoms with Gasteiger partial charge in [0.15, 0.2) is 0 Å². The molecule has 5 heteroatoms. The summed E-state index contributed by atoms with van der Waals surface area (Å²) < 4.78 is 5.62. The van der Waals surface area contributed by atoms with E-state index in [1.54, 1.807) is 0 Å². The van der Waals surface area contributed by atoms with Crippen molar-refractivity contribution in [2.24, 2.45) is 16.6 Å². The van der Waals surface area contributed by atoms with Crippen LogP contribution in [0.1, 0.15) is 60.3 Å². The van der Waals surface area contributed by atoms with Crippen LogP contribution in [-0.4, -0.2) is 46.9 Å². The van der Waals surface area contributed by atoms with Gasteiger partial charge < -0.3 is 20.5 Å². The number of piperidine rings is 1. The van der Waals surface area contributed by atoms with Crippen LogP contribution in [0.5, 0.6) is 0 Å². The van der Waals surface area contributed by atoms with Gasteiger partial charge in [-0.1, -0.05) is 13.8 Å². The van der Waals surface area contributed by atoms with E-state index >= 15 is 0 Å². The maximum atomic E-state index is 12.7. The zero-order valence-corrected chi connectivity index (χ0v) is 14.7. The number of carbonyl (C=O) groups is 1. The van der Waals surface area contributed by atoms with Crippen LogP contribution in [0.3, 0.4) is 0 Å². The topological polar surface area (TPSA) is 75.8 Å². The lowest BCUT2D eigenvalue weighted by Gasteiger charge is -2.56. The van der Waals surface area contributed by atoms with Crippen LogP contribution in [0.2, 0.25) is 0 Å². The molecule has 0 spiro atoms. The van der Waals surface area contributed by atoms with Crippen molar-refractivity contribution >= 4 is 6.09 Å². The predicted molar refractivity (Wildman–Crippen MR) is 86.5 cm³/mol. The quantitative estimate of drug-likeness (QED) is 0.821. The van der Waals surface area contributed by atoms with Gasteiger partial charge in [0.05, 0.1) is 6.10 Å². The number of hydrogen-bond acceptors (Lipinski definition) is 4. The molecule has 1 heterocycles. The Hall–Kier alpha value is -0.810. The first-order valence-corrected chi connectivity index (χ1v) is 8.36. The van der Waals surface area contributed by atoms with Crippen molar-refractivity contribution in [2.45, 2.75) is 78.0 Å². The fraction of sp³-hybridized carbons (Fsp3) is 0.941. The first-order chi connectivity index (χ1) is 9.98. The Morgan fingerprint density at radius 2 is 1.95 bits per heavy atom. The number of aliphatic hydroxyl groups is 1. The van der Waals surface area contributed by atoms with Gasteiger partial charge in [-0.15, -0.1) is 0 Å². The minimum absolute atomic E-state index is 0.0729. The zero-order chi connectivity index (χ0) is 16.8. The van der Waals surface area contributed by atoms with E-state index in [1.165, 1.54) is 0 Å². The van der Waals surface area contributed by atoms with Gasteiger partial charge in [-0.05, 0) is 51.9 Å². The highest BCUT2D eigenvalue weighted by atomic mass is 16.6. The average molecular weight is 312 g/mol. The first kappa shape index (κ1) is 17.5. The molecule has 0 aromatic carbocycles. The predicted octanol–water partition coefficient (Wildman–Crippen LogP) is 2.51. The molecule has 0 aromatic rings. The van der Waals surface area contributed by atoms with Gasteiger partial charge >= 0.3 is 6.09 Å². The number of rotatable bonds is 2. The van der Waals surface area contributed by atoms with Crippen LogP contribution in [-0.2, 0) is 4.74 Å². The SMILES string of the molecule is CC1(C)CCC(C2(CN)CC(O)C2)N(C(=O)OC(C)(C)C)C1. The summed E-state index contributed by atoms with van der Waals surface area (Å²) in [5, 5.41) is 9.77. The van der Waals surface area contributed by atoms with Gasteiger partial charge in [0.2, 0.25) is 0 Å². The molecular formula is C17H32N2O3. The molecule has 0 bridgehead atoms. The molecule has 1 unspecified atom stereocenters. The molecule has 1 amide bonds. The molecule has 128 valence electrons. The third-order valence-corrected chi connectivity index (χ3v) is 5.09. The number of amides is 1. The van der Waals surface area contributed by atoms with E-state index in [9.17, 15) is 9.90 Å². The molecule has 0 radical (unpaired) electrons. The number of nitrogens with zero attached hydrogens (tertiary/aromatic N) is 1. The smallest absolute Gasteiger partial charge is 0.410 e. The van der Waals surface area contributed by atoms with Crippen LogP contribution in [0.15, 0.2) is 0 Å². The van der Waals surface area contributed by atoms with E-state index in [2.05, 4.69) is 13.8 Å². The Labute approximate surface area is 134 Å². The number of likely N-dealkylation sites (tertiary alicyclic amines) is 1. The summed E-state index contributed by atoms with van der Waals surface area (Å²) >= 11 is 0. The normalized spacial score (nSPS) is 35.0. The molecular weight excluding hydrogens is 280 g/mol. The minimum atomic E-state index is -0.502. The van der Waals surface area contributed by atoms with Gasteiger partial charge in [-0.2, -0.15) is 0 Å². The van der Waals surface area contributed by atoms with Gasteiger partial charge in [-0.3, -0.25) is 0 Å². The summed E-state index contributed by atoms with van der Waals surface area (Å²) in [6.45, 7) is 11.2. The van der Waals surface area contributed by atoms with E-state index in [4.69, 9.17) is 10.5 Å². The fourth-order valence-electron chi connectivity index (χ4n) is 3.94. The standard InChI is InChI=1S/C17H32N2O3/c1-15(2,3)22-14(21)19-11-16(4,5)7-6-13(19)17(10-18)8-12(20)9-17/h12-13,20H,6-11,18H2,1-5H3. The second-order valence-electron chi connectivity index (χ2n) is 8.96. The van der Waals surface area contributed by atoms with Crippen LogP contribution < -0.4 is 5.73 Å². The second kappa shape index (κ2) is 5.68. The molecule has 1 aliphatic heterocycles. The van der Waals surface area contributed by atoms with Crippen LogP contribution in [0.4, 0.5) is 4.79 Å². The molecule has 22 heavy (non-hydrogen) atoms. The molecule has 2 fully saturated rings. The summed E-state index contributed by atoms with van der Waals surface area (Å²) in [6.07, 6.45) is 2.84. The van der Waals surface area contributed by atoms with Crippen LogP contribution >= 0.6 is 0 Å². The van der Waals surface area contributed by atoms with Gasteiger partial charge in [0.1, 0.15) is 5.60 Å². The number of hydrogen-bond donors (Lipinski definition) is 2. The van der Waals surface area contributed by atoms with Crippen molar-refractivity contribution < 1.29 is 14.6 Å². The van der Waals surface area contributed by atoms with Crippen LogP contribution in [0, 0.1) is 10.8 Å². The Bertz CT molecular complexity index is 422. The van der Waals surface area contributed by atoms with Gasteiger partial charge in [0.25, 0.3) is 0 Å². The summed E-state index contributed by atoms with van der Waals surface area (Å²) in [7, 11) is 0. The summed E-state index contributed by atoms with van der Waals surface area (Å²) in [6, 6.07) is 0.0729. The summed E-state index contributed by atoms with van der Waals surface area (Å²) in [5.41, 5.74) is 5.47. The molecule has 3 N–H and O–H groups in total. The zero-order valence-electron chi connectivity index (χ0n) is 14.7. The first-order valence-electron chi connectivity index (χ1n) is 8.36. The fourth-order valence-corrected chi connectivity index (χ4v) is 3.94. The Kier molecular flexibility index (Phi) is 4.53. The third kappa shape index (κ3) is 3.57. The molecule has 1 atom stereocenters. The molecule has 2 aliphatic rings. The molecule has 2 rings (SSSR count). The van der Waals surface area contributed by atoms with Crippen molar-refractivity contribution in [3.05, 3.63) is 0 Å². The number of aliphatic hydroxyl groups excluding tert-OH is 1. The lowest BCUT2D eigenvalue weighted by atomic mass is 9.59. The van der Waals surface area contributed by atoms with Gasteiger partial charge in [0, 0.05) is 24.5 Å². The lowest BCUT2D eigenvalue weighted by molar-refractivity contribution is -0.105.